The number of urea groups is 1. The number of pyridine rings is 2. The van der Waals surface area contributed by atoms with Crippen molar-refractivity contribution in [2.75, 3.05) is 30.3 Å². The van der Waals surface area contributed by atoms with E-state index in [0.717, 1.165) is 23.2 Å². The van der Waals surface area contributed by atoms with E-state index in [9.17, 15) is 18.0 Å². The predicted octanol–water partition coefficient (Wildman–Crippen LogP) is 4.68. The van der Waals surface area contributed by atoms with Gasteiger partial charge in [0.15, 0.2) is 0 Å². The van der Waals surface area contributed by atoms with E-state index in [1.165, 1.54) is 11.1 Å². The summed E-state index contributed by atoms with van der Waals surface area (Å²) in [6.07, 6.45) is -0.0229. The number of alkyl halides is 3. The topological polar surface area (TPSA) is 106 Å². The van der Waals surface area contributed by atoms with Crippen LogP contribution in [-0.2, 0) is 0 Å². The van der Waals surface area contributed by atoms with Gasteiger partial charge in [-0.25, -0.2) is 9.78 Å². The fourth-order valence-corrected chi connectivity index (χ4v) is 4.31. The second kappa shape index (κ2) is 10.7. The van der Waals surface area contributed by atoms with Crippen LogP contribution < -0.4 is 16.0 Å². The van der Waals surface area contributed by atoms with E-state index in [4.69, 9.17) is 5.41 Å². The standard InChI is InChI=1S/C25H26F3N7O/c1-16-9-19(7-8-30-16)32-21-12-31-23(10-18(21)11-29)34-24(36)33-22-14-35(15-25(26,27)28)13-20(22)17-5-3-2-4-6-17/h2-12,20,22,29H,13-15H2,1H3,(H,30,32)(H2,31,33,34,36)/t20-,22+/m1/s1. The number of anilines is 3. The first-order valence-electron chi connectivity index (χ1n) is 11.3. The summed E-state index contributed by atoms with van der Waals surface area (Å²) in [4.78, 5) is 22.5. The highest BCUT2D eigenvalue weighted by Gasteiger charge is 2.40. The maximum absolute atomic E-state index is 13.0. The second-order valence-electron chi connectivity index (χ2n) is 8.64. The predicted molar refractivity (Wildman–Crippen MR) is 132 cm³/mol. The molecule has 0 radical (unpaired) electrons. The van der Waals surface area contributed by atoms with Crippen molar-refractivity contribution in [3.8, 4) is 0 Å². The number of benzene rings is 1. The third-order valence-corrected chi connectivity index (χ3v) is 5.85. The number of halogens is 3. The van der Waals surface area contributed by atoms with Gasteiger partial charge in [-0.05, 0) is 30.7 Å². The fourth-order valence-electron chi connectivity index (χ4n) is 4.31. The van der Waals surface area contributed by atoms with Crippen molar-refractivity contribution in [1.82, 2.24) is 20.2 Å². The normalized spacial score (nSPS) is 18.0. The molecule has 1 aliphatic rings. The average Bonchev–Trinajstić information content (AvgIpc) is 3.20. The number of aromatic nitrogens is 2. The number of likely N-dealkylation sites (tertiary alicyclic amines) is 1. The maximum Gasteiger partial charge on any atom is 0.401 e. The van der Waals surface area contributed by atoms with Crippen LogP contribution >= 0.6 is 0 Å². The van der Waals surface area contributed by atoms with E-state index in [-0.39, 0.29) is 24.8 Å². The van der Waals surface area contributed by atoms with Gasteiger partial charge >= 0.3 is 12.2 Å². The zero-order valence-electron chi connectivity index (χ0n) is 19.5. The summed E-state index contributed by atoms with van der Waals surface area (Å²) in [5, 5.41) is 16.4. The minimum Gasteiger partial charge on any atom is -0.354 e. The highest BCUT2D eigenvalue weighted by molar-refractivity contribution is 5.92. The Morgan fingerprint density at radius 1 is 1.17 bits per heavy atom. The summed E-state index contributed by atoms with van der Waals surface area (Å²) in [5.41, 5.74) is 3.54. The van der Waals surface area contributed by atoms with Crippen LogP contribution in [0.4, 0.5) is 35.2 Å². The van der Waals surface area contributed by atoms with Crippen molar-refractivity contribution in [2.45, 2.75) is 25.1 Å². The Kier molecular flexibility index (Phi) is 7.49. The van der Waals surface area contributed by atoms with Crippen molar-refractivity contribution < 1.29 is 18.0 Å². The quantitative estimate of drug-likeness (QED) is 0.355. The number of nitrogens with one attached hydrogen (secondary N) is 4. The molecule has 1 fully saturated rings. The van der Waals surface area contributed by atoms with E-state index in [1.54, 1.807) is 18.3 Å². The molecule has 2 aromatic heterocycles. The average molecular weight is 498 g/mol. The number of hydrogen-bond acceptors (Lipinski definition) is 6. The number of carbonyl (C=O) groups is 1. The molecule has 188 valence electrons. The Balaban J connectivity index is 1.45. The summed E-state index contributed by atoms with van der Waals surface area (Å²) in [5.74, 6) is -0.0799. The first-order chi connectivity index (χ1) is 17.2. The molecule has 1 aromatic carbocycles. The van der Waals surface area contributed by atoms with Crippen molar-refractivity contribution in [3.05, 3.63) is 77.7 Å². The first-order valence-corrected chi connectivity index (χ1v) is 11.3. The van der Waals surface area contributed by atoms with Crippen molar-refractivity contribution >= 4 is 29.4 Å². The van der Waals surface area contributed by atoms with E-state index in [1.807, 2.05) is 43.3 Å². The number of hydrogen-bond donors (Lipinski definition) is 4. The Morgan fingerprint density at radius 3 is 2.64 bits per heavy atom. The van der Waals surface area contributed by atoms with Crippen LogP contribution in [0.1, 0.15) is 22.7 Å². The molecule has 0 saturated carbocycles. The maximum atomic E-state index is 13.0. The van der Waals surface area contributed by atoms with E-state index >= 15 is 0 Å². The van der Waals surface area contributed by atoms with Crippen molar-refractivity contribution in [3.63, 3.8) is 0 Å². The Bertz CT molecular complexity index is 1220. The van der Waals surface area contributed by atoms with Gasteiger partial charge in [-0.1, -0.05) is 30.3 Å². The molecule has 2 amide bonds. The Hall–Kier alpha value is -3.99. The number of aryl methyl sites for hydroxylation is 1. The van der Waals surface area contributed by atoms with Gasteiger partial charge in [0.2, 0.25) is 0 Å². The summed E-state index contributed by atoms with van der Waals surface area (Å²) >= 11 is 0. The molecule has 11 heteroatoms. The Morgan fingerprint density at radius 2 is 1.94 bits per heavy atom. The Labute approximate surface area is 206 Å². The van der Waals surface area contributed by atoms with Crippen LogP contribution in [-0.4, -0.2) is 59.0 Å². The number of rotatable bonds is 7. The number of nitrogens with zero attached hydrogens (tertiary/aromatic N) is 3. The van der Waals surface area contributed by atoms with Crippen LogP contribution in [0, 0.1) is 12.3 Å². The van der Waals surface area contributed by atoms with Crippen LogP contribution in [0.25, 0.3) is 0 Å². The molecule has 3 aromatic rings. The highest BCUT2D eigenvalue weighted by Crippen LogP contribution is 2.30. The van der Waals surface area contributed by atoms with E-state index in [2.05, 4.69) is 25.9 Å². The van der Waals surface area contributed by atoms with Gasteiger partial charge in [-0.2, -0.15) is 13.2 Å². The minimum atomic E-state index is -4.32. The molecule has 0 aliphatic carbocycles. The largest absolute Gasteiger partial charge is 0.401 e. The van der Waals surface area contributed by atoms with E-state index < -0.39 is 24.8 Å². The van der Waals surface area contributed by atoms with Crippen LogP contribution in [0.3, 0.4) is 0 Å². The minimum absolute atomic E-state index is 0.0693. The molecule has 2 atom stereocenters. The molecular formula is C25H26F3N7O. The SMILES string of the molecule is Cc1cc(Nc2cnc(NC(=O)N[C@H]3CN(CC(F)(F)F)C[C@@H]3c3ccccc3)cc2C=N)ccn1. The highest BCUT2D eigenvalue weighted by atomic mass is 19.4. The lowest BCUT2D eigenvalue weighted by Crippen LogP contribution is -2.43. The monoisotopic (exact) mass is 497 g/mol. The van der Waals surface area contributed by atoms with Gasteiger partial charge in [-0.3, -0.25) is 15.2 Å². The molecule has 8 nitrogen and oxygen atoms in total. The third-order valence-electron chi connectivity index (χ3n) is 5.85. The fraction of sp³-hybridized carbons (Fsp3) is 0.280. The lowest BCUT2D eigenvalue weighted by atomic mass is 9.94. The molecule has 3 heterocycles. The summed E-state index contributed by atoms with van der Waals surface area (Å²) in [6, 6.07) is 13.3. The van der Waals surface area contributed by atoms with Crippen LogP contribution in [0.15, 0.2) is 60.9 Å². The van der Waals surface area contributed by atoms with Gasteiger partial charge in [0.1, 0.15) is 5.82 Å². The smallest absolute Gasteiger partial charge is 0.354 e. The van der Waals surface area contributed by atoms with Crippen molar-refractivity contribution in [2.24, 2.45) is 0 Å². The van der Waals surface area contributed by atoms with Gasteiger partial charge < -0.3 is 16.0 Å². The summed E-state index contributed by atoms with van der Waals surface area (Å²) in [7, 11) is 0. The molecular weight excluding hydrogens is 471 g/mol. The molecule has 1 aliphatic heterocycles. The number of carbonyl (C=O) groups excluding carboxylic acids is 1. The zero-order valence-corrected chi connectivity index (χ0v) is 19.5. The molecule has 0 bridgehead atoms. The third kappa shape index (κ3) is 6.57. The lowest BCUT2D eigenvalue weighted by molar-refractivity contribution is -0.143. The molecule has 4 N–H and O–H groups in total. The molecule has 36 heavy (non-hydrogen) atoms. The van der Waals surface area contributed by atoms with Gasteiger partial charge in [0, 0.05) is 48.4 Å². The number of amides is 2. The summed E-state index contributed by atoms with van der Waals surface area (Å²) < 4.78 is 39.0. The molecule has 0 spiro atoms. The lowest BCUT2D eigenvalue weighted by Gasteiger charge is -2.20. The van der Waals surface area contributed by atoms with Gasteiger partial charge in [-0.15, -0.1) is 0 Å². The second-order valence-corrected chi connectivity index (χ2v) is 8.64. The van der Waals surface area contributed by atoms with E-state index in [0.29, 0.717) is 11.3 Å². The zero-order chi connectivity index (χ0) is 25.7. The molecule has 1 saturated heterocycles. The van der Waals surface area contributed by atoms with Crippen LogP contribution in [0.2, 0.25) is 0 Å². The van der Waals surface area contributed by atoms with Crippen molar-refractivity contribution in [1.29, 1.82) is 5.41 Å². The van der Waals surface area contributed by atoms with Gasteiger partial charge in [0.25, 0.3) is 0 Å². The van der Waals surface area contributed by atoms with Gasteiger partial charge in [0.05, 0.1) is 24.5 Å². The van der Waals surface area contributed by atoms with Crippen LogP contribution in [0.5, 0.6) is 0 Å². The molecule has 4 rings (SSSR count). The first kappa shape index (κ1) is 25.1. The summed E-state index contributed by atoms with van der Waals surface area (Å²) in [6.45, 7) is 1.08. The molecule has 0 unspecified atom stereocenters.